The van der Waals surface area contributed by atoms with Gasteiger partial charge in [0.25, 0.3) is 0 Å². The van der Waals surface area contributed by atoms with Crippen LogP contribution in [0.15, 0.2) is 37.1 Å². The number of rotatable bonds is 4. The molecule has 0 fully saturated rings. The molecule has 4 heteroatoms. The zero-order valence-corrected chi connectivity index (χ0v) is 10.2. The molecule has 0 bridgehead atoms. The monoisotopic (exact) mass is 230 g/mol. The maximum Gasteiger partial charge on any atom is 0.0951 e. The highest BCUT2D eigenvalue weighted by molar-refractivity contribution is 5.14. The van der Waals surface area contributed by atoms with Gasteiger partial charge in [0.2, 0.25) is 0 Å². The summed E-state index contributed by atoms with van der Waals surface area (Å²) in [5.41, 5.74) is 8.45. The quantitative estimate of drug-likeness (QED) is 0.873. The number of pyridine rings is 1. The van der Waals surface area contributed by atoms with Crippen LogP contribution in [0, 0.1) is 5.92 Å². The third-order valence-electron chi connectivity index (χ3n) is 2.91. The second-order valence-corrected chi connectivity index (χ2v) is 4.57. The van der Waals surface area contributed by atoms with E-state index < -0.39 is 0 Å². The Labute approximate surface area is 102 Å². The Morgan fingerprint density at radius 3 is 2.59 bits per heavy atom. The molecule has 2 heterocycles. The van der Waals surface area contributed by atoms with Gasteiger partial charge in [0.15, 0.2) is 0 Å². The largest absolute Gasteiger partial charge is 0.329 e. The van der Waals surface area contributed by atoms with Gasteiger partial charge in [0.05, 0.1) is 12.0 Å². The van der Waals surface area contributed by atoms with Crippen LogP contribution in [-0.4, -0.2) is 14.5 Å². The predicted molar refractivity (Wildman–Crippen MR) is 67.3 cm³/mol. The third kappa shape index (κ3) is 2.71. The summed E-state index contributed by atoms with van der Waals surface area (Å²) in [7, 11) is 0. The van der Waals surface area contributed by atoms with E-state index in [0.717, 1.165) is 12.2 Å². The van der Waals surface area contributed by atoms with Gasteiger partial charge in [-0.2, -0.15) is 0 Å². The summed E-state index contributed by atoms with van der Waals surface area (Å²) in [5, 5.41) is 0. The lowest BCUT2D eigenvalue weighted by atomic mass is 10.0. The van der Waals surface area contributed by atoms with Gasteiger partial charge in [-0.25, -0.2) is 4.98 Å². The van der Waals surface area contributed by atoms with Crippen LogP contribution in [0.4, 0.5) is 0 Å². The number of imidazole rings is 1. The summed E-state index contributed by atoms with van der Waals surface area (Å²) >= 11 is 0. The van der Waals surface area contributed by atoms with E-state index in [2.05, 4.69) is 28.4 Å². The van der Waals surface area contributed by atoms with Crippen molar-refractivity contribution in [3.05, 3.63) is 48.3 Å². The van der Waals surface area contributed by atoms with Crippen molar-refractivity contribution in [1.82, 2.24) is 14.5 Å². The van der Waals surface area contributed by atoms with Crippen LogP contribution in [0.25, 0.3) is 0 Å². The molecule has 4 nitrogen and oxygen atoms in total. The van der Waals surface area contributed by atoms with Gasteiger partial charge in [-0.3, -0.25) is 4.98 Å². The Morgan fingerprint density at radius 1 is 1.24 bits per heavy atom. The van der Waals surface area contributed by atoms with Crippen molar-refractivity contribution >= 4 is 0 Å². The first-order valence-electron chi connectivity index (χ1n) is 5.83. The van der Waals surface area contributed by atoms with Crippen molar-refractivity contribution < 1.29 is 0 Å². The molecule has 2 aromatic heterocycles. The molecule has 17 heavy (non-hydrogen) atoms. The van der Waals surface area contributed by atoms with E-state index in [4.69, 9.17) is 5.73 Å². The van der Waals surface area contributed by atoms with Crippen LogP contribution in [0.5, 0.6) is 0 Å². The van der Waals surface area contributed by atoms with E-state index in [0.29, 0.717) is 5.92 Å². The Bertz CT molecular complexity index is 461. The fourth-order valence-corrected chi connectivity index (χ4v) is 1.77. The number of hydrogen-bond acceptors (Lipinski definition) is 3. The van der Waals surface area contributed by atoms with Gasteiger partial charge in [-0.15, -0.1) is 0 Å². The maximum atomic E-state index is 6.16. The molecule has 2 aromatic rings. The van der Waals surface area contributed by atoms with Gasteiger partial charge >= 0.3 is 0 Å². The number of nitrogens with two attached hydrogens (primary N) is 1. The molecule has 0 saturated heterocycles. The van der Waals surface area contributed by atoms with Gasteiger partial charge in [-0.05, 0) is 23.6 Å². The molecule has 2 rings (SSSR count). The van der Waals surface area contributed by atoms with Crippen LogP contribution < -0.4 is 5.73 Å². The van der Waals surface area contributed by atoms with Crippen LogP contribution in [0.3, 0.4) is 0 Å². The Kier molecular flexibility index (Phi) is 3.54. The molecule has 1 unspecified atom stereocenters. The summed E-state index contributed by atoms with van der Waals surface area (Å²) in [6.07, 6.45) is 7.28. The average molecular weight is 230 g/mol. The molecule has 0 amide bonds. The molecule has 0 spiro atoms. The van der Waals surface area contributed by atoms with Crippen LogP contribution in [-0.2, 0) is 6.54 Å². The highest BCUT2D eigenvalue weighted by atomic mass is 15.1. The molecule has 0 aliphatic carbocycles. The number of hydrogen-bond donors (Lipinski definition) is 1. The molecule has 0 saturated carbocycles. The van der Waals surface area contributed by atoms with Crippen molar-refractivity contribution in [1.29, 1.82) is 0 Å². The fraction of sp³-hybridized carbons (Fsp3) is 0.385. The second-order valence-electron chi connectivity index (χ2n) is 4.57. The van der Waals surface area contributed by atoms with Crippen molar-refractivity contribution in [2.75, 3.05) is 0 Å². The normalized spacial score (nSPS) is 12.9. The number of aromatic nitrogens is 3. The van der Waals surface area contributed by atoms with Crippen LogP contribution in [0.1, 0.15) is 31.1 Å². The molecule has 0 aromatic carbocycles. The van der Waals surface area contributed by atoms with Crippen molar-refractivity contribution in [2.45, 2.75) is 26.4 Å². The van der Waals surface area contributed by atoms with Crippen molar-refractivity contribution in [3.63, 3.8) is 0 Å². The predicted octanol–water partition coefficient (Wildman–Crippen LogP) is 1.98. The van der Waals surface area contributed by atoms with Crippen molar-refractivity contribution in [2.24, 2.45) is 11.7 Å². The Morgan fingerprint density at radius 2 is 1.94 bits per heavy atom. The molecular weight excluding hydrogens is 212 g/mol. The molecule has 2 N–H and O–H groups in total. The first-order valence-corrected chi connectivity index (χ1v) is 5.83. The SMILES string of the molecule is CC(C)C(N)c1cncn1Cc1ccncc1. The third-order valence-corrected chi connectivity index (χ3v) is 2.91. The second kappa shape index (κ2) is 5.10. The van der Waals surface area contributed by atoms with Crippen molar-refractivity contribution in [3.8, 4) is 0 Å². The van der Waals surface area contributed by atoms with Gasteiger partial charge in [0, 0.05) is 31.2 Å². The van der Waals surface area contributed by atoms with Crippen LogP contribution >= 0.6 is 0 Å². The first kappa shape index (κ1) is 11.8. The van der Waals surface area contributed by atoms with Crippen LogP contribution in [0.2, 0.25) is 0 Å². The molecule has 0 aliphatic rings. The van der Waals surface area contributed by atoms with Gasteiger partial charge in [-0.1, -0.05) is 13.8 Å². The summed E-state index contributed by atoms with van der Waals surface area (Å²) in [4.78, 5) is 8.20. The van der Waals surface area contributed by atoms with E-state index in [1.165, 1.54) is 5.56 Å². The van der Waals surface area contributed by atoms with E-state index in [1.54, 1.807) is 12.4 Å². The summed E-state index contributed by atoms with van der Waals surface area (Å²) in [6.45, 7) is 5.03. The molecule has 1 atom stereocenters. The Hall–Kier alpha value is -1.68. The molecule has 0 aliphatic heterocycles. The lowest BCUT2D eigenvalue weighted by molar-refractivity contribution is 0.484. The average Bonchev–Trinajstić information content (AvgIpc) is 2.77. The summed E-state index contributed by atoms with van der Waals surface area (Å²) < 4.78 is 2.10. The van der Waals surface area contributed by atoms with E-state index >= 15 is 0 Å². The molecule has 0 radical (unpaired) electrons. The fourth-order valence-electron chi connectivity index (χ4n) is 1.77. The Balaban J connectivity index is 2.20. The minimum Gasteiger partial charge on any atom is -0.329 e. The minimum atomic E-state index is 0.0272. The smallest absolute Gasteiger partial charge is 0.0951 e. The maximum absolute atomic E-state index is 6.16. The first-order chi connectivity index (χ1) is 8.18. The lowest BCUT2D eigenvalue weighted by Crippen LogP contribution is -2.20. The van der Waals surface area contributed by atoms with Gasteiger partial charge < -0.3 is 10.3 Å². The summed E-state index contributed by atoms with van der Waals surface area (Å²) in [5.74, 6) is 0.405. The molecule has 90 valence electrons. The zero-order valence-electron chi connectivity index (χ0n) is 10.2. The number of nitrogens with zero attached hydrogens (tertiary/aromatic N) is 3. The highest BCUT2D eigenvalue weighted by Gasteiger charge is 2.14. The lowest BCUT2D eigenvalue weighted by Gasteiger charge is -2.17. The molecular formula is C13H18N4. The summed E-state index contributed by atoms with van der Waals surface area (Å²) in [6, 6.07) is 4.04. The topological polar surface area (TPSA) is 56.7 Å². The van der Waals surface area contributed by atoms with E-state index in [1.807, 2.05) is 24.7 Å². The van der Waals surface area contributed by atoms with Gasteiger partial charge in [0.1, 0.15) is 0 Å². The van der Waals surface area contributed by atoms with E-state index in [9.17, 15) is 0 Å². The highest BCUT2D eigenvalue weighted by Crippen LogP contribution is 2.19. The standard InChI is InChI=1S/C13H18N4/c1-10(2)13(14)12-7-16-9-17(12)8-11-3-5-15-6-4-11/h3-7,9-10,13H,8,14H2,1-2H3. The van der Waals surface area contributed by atoms with E-state index in [-0.39, 0.29) is 6.04 Å². The minimum absolute atomic E-state index is 0.0272. The zero-order chi connectivity index (χ0) is 12.3.